The first-order valence-corrected chi connectivity index (χ1v) is 7.66. The standard InChI is InChI=1S/C17H22N2O2/c1-11(2)14-15(20)18-17(3,12-9-10-12)16(21)19(14)13-7-5-4-6-8-13/h4-8,11-12,14H,9-10H2,1-3H3,(H,18,20). The highest BCUT2D eigenvalue weighted by Gasteiger charge is 2.56. The van der Waals surface area contributed by atoms with Crippen LogP contribution in [0.1, 0.15) is 33.6 Å². The van der Waals surface area contributed by atoms with Crippen molar-refractivity contribution >= 4 is 17.5 Å². The van der Waals surface area contributed by atoms with E-state index in [2.05, 4.69) is 5.32 Å². The van der Waals surface area contributed by atoms with E-state index >= 15 is 0 Å². The van der Waals surface area contributed by atoms with Crippen LogP contribution in [0.2, 0.25) is 0 Å². The van der Waals surface area contributed by atoms with E-state index < -0.39 is 11.6 Å². The summed E-state index contributed by atoms with van der Waals surface area (Å²) in [5.41, 5.74) is 0.0566. The first-order valence-electron chi connectivity index (χ1n) is 7.66. The molecule has 112 valence electrons. The fourth-order valence-corrected chi connectivity index (χ4v) is 3.28. The molecule has 2 atom stereocenters. The molecule has 0 bridgehead atoms. The quantitative estimate of drug-likeness (QED) is 0.927. The van der Waals surface area contributed by atoms with E-state index in [1.807, 2.05) is 51.1 Å². The van der Waals surface area contributed by atoms with Gasteiger partial charge in [-0.05, 0) is 43.7 Å². The molecule has 1 saturated heterocycles. The number of hydrogen-bond donors (Lipinski definition) is 1. The molecule has 2 fully saturated rings. The summed E-state index contributed by atoms with van der Waals surface area (Å²) in [4.78, 5) is 27.4. The predicted octanol–water partition coefficient (Wildman–Crippen LogP) is 2.34. The Labute approximate surface area is 125 Å². The van der Waals surface area contributed by atoms with E-state index in [-0.39, 0.29) is 23.7 Å². The third kappa shape index (κ3) is 2.23. The summed E-state index contributed by atoms with van der Waals surface area (Å²) < 4.78 is 0. The first-order chi connectivity index (χ1) is 9.95. The van der Waals surface area contributed by atoms with E-state index in [9.17, 15) is 9.59 Å². The molecule has 1 aliphatic carbocycles. The fourth-order valence-electron chi connectivity index (χ4n) is 3.28. The largest absolute Gasteiger partial charge is 0.340 e. The number of amides is 2. The third-order valence-electron chi connectivity index (χ3n) is 4.65. The summed E-state index contributed by atoms with van der Waals surface area (Å²) in [5, 5.41) is 3.01. The van der Waals surface area contributed by atoms with Gasteiger partial charge in [0.05, 0.1) is 0 Å². The van der Waals surface area contributed by atoms with Crippen molar-refractivity contribution in [2.24, 2.45) is 11.8 Å². The number of benzene rings is 1. The number of anilines is 1. The smallest absolute Gasteiger partial charge is 0.253 e. The van der Waals surface area contributed by atoms with Gasteiger partial charge in [0.15, 0.2) is 0 Å². The number of carbonyl (C=O) groups is 2. The molecule has 1 aromatic carbocycles. The number of nitrogens with zero attached hydrogens (tertiary/aromatic N) is 1. The van der Waals surface area contributed by atoms with Gasteiger partial charge < -0.3 is 5.32 Å². The van der Waals surface area contributed by atoms with Crippen LogP contribution in [0.4, 0.5) is 5.69 Å². The molecule has 2 aliphatic rings. The number of hydrogen-bond acceptors (Lipinski definition) is 2. The van der Waals surface area contributed by atoms with Gasteiger partial charge in [0.1, 0.15) is 11.6 Å². The molecule has 0 aromatic heterocycles. The summed E-state index contributed by atoms with van der Waals surface area (Å²) in [6.07, 6.45) is 2.02. The lowest BCUT2D eigenvalue weighted by Gasteiger charge is -2.46. The molecule has 1 N–H and O–H groups in total. The van der Waals surface area contributed by atoms with E-state index in [4.69, 9.17) is 0 Å². The molecule has 1 aromatic rings. The summed E-state index contributed by atoms with van der Waals surface area (Å²) in [5.74, 6) is 0.323. The summed E-state index contributed by atoms with van der Waals surface area (Å²) in [7, 11) is 0. The molecule has 4 nitrogen and oxygen atoms in total. The van der Waals surface area contributed by atoms with Crippen LogP contribution in [-0.4, -0.2) is 23.4 Å². The molecular weight excluding hydrogens is 264 g/mol. The topological polar surface area (TPSA) is 49.4 Å². The molecule has 1 aliphatic heterocycles. The van der Waals surface area contributed by atoms with Gasteiger partial charge in [-0.2, -0.15) is 0 Å². The van der Waals surface area contributed by atoms with Gasteiger partial charge in [-0.15, -0.1) is 0 Å². The molecule has 21 heavy (non-hydrogen) atoms. The Bertz CT molecular complexity index is 565. The van der Waals surface area contributed by atoms with Crippen LogP contribution in [0.25, 0.3) is 0 Å². The molecular formula is C17H22N2O2. The maximum Gasteiger partial charge on any atom is 0.253 e. The van der Waals surface area contributed by atoms with Gasteiger partial charge >= 0.3 is 0 Å². The molecule has 4 heteroatoms. The Hall–Kier alpha value is -1.84. The van der Waals surface area contributed by atoms with Crippen molar-refractivity contribution in [3.05, 3.63) is 30.3 Å². The molecule has 0 radical (unpaired) electrons. The second kappa shape index (κ2) is 4.86. The highest BCUT2D eigenvalue weighted by Crippen LogP contribution is 2.43. The highest BCUT2D eigenvalue weighted by atomic mass is 16.2. The SMILES string of the molecule is CC(C)C1C(=O)NC(C)(C2CC2)C(=O)N1c1ccccc1. The summed E-state index contributed by atoms with van der Waals surface area (Å²) in [6, 6.07) is 9.09. The van der Waals surface area contributed by atoms with Crippen molar-refractivity contribution in [3.63, 3.8) is 0 Å². The fraction of sp³-hybridized carbons (Fsp3) is 0.529. The van der Waals surface area contributed by atoms with Crippen LogP contribution in [0.3, 0.4) is 0 Å². The number of carbonyl (C=O) groups excluding carboxylic acids is 2. The molecule has 0 spiro atoms. The minimum absolute atomic E-state index is 0.0227. The van der Waals surface area contributed by atoms with E-state index in [0.717, 1.165) is 18.5 Å². The van der Waals surface area contributed by atoms with E-state index in [1.165, 1.54) is 0 Å². The van der Waals surface area contributed by atoms with Gasteiger partial charge in [0.25, 0.3) is 5.91 Å². The van der Waals surface area contributed by atoms with Crippen LogP contribution >= 0.6 is 0 Å². The van der Waals surface area contributed by atoms with E-state index in [0.29, 0.717) is 0 Å². The molecule has 1 heterocycles. The summed E-state index contributed by atoms with van der Waals surface area (Å²) in [6.45, 7) is 5.83. The maximum absolute atomic E-state index is 13.1. The van der Waals surface area contributed by atoms with Crippen LogP contribution in [0.5, 0.6) is 0 Å². The summed E-state index contributed by atoms with van der Waals surface area (Å²) >= 11 is 0. The Kier molecular flexibility index (Phi) is 3.27. The second-order valence-electron chi connectivity index (χ2n) is 6.67. The van der Waals surface area contributed by atoms with Crippen LogP contribution in [0.15, 0.2) is 30.3 Å². The Balaban J connectivity index is 2.05. The first kappa shape index (κ1) is 14.1. The van der Waals surface area contributed by atoms with Gasteiger partial charge in [0, 0.05) is 5.69 Å². The monoisotopic (exact) mass is 286 g/mol. The number of nitrogens with one attached hydrogen (secondary N) is 1. The maximum atomic E-state index is 13.1. The lowest BCUT2D eigenvalue weighted by molar-refractivity contribution is -0.139. The van der Waals surface area contributed by atoms with Gasteiger partial charge in [-0.3, -0.25) is 14.5 Å². The second-order valence-corrected chi connectivity index (χ2v) is 6.67. The van der Waals surface area contributed by atoms with Gasteiger partial charge in [-0.1, -0.05) is 32.0 Å². The predicted molar refractivity (Wildman–Crippen MR) is 81.8 cm³/mol. The molecule has 2 amide bonds. The number of piperazine rings is 1. The van der Waals surface area contributed by atoms with Crippen LogP contribution in [-0.2, 0) is 9.59 Å². The zero-order chi connectivity index (χ0) is 15.2. The zero-order valence-electron chi connectivity index (χ0n) is 12.8. The molecule has 1 saturated carbocycles. The van der Waals surface area contributed by atoms with Crippen molar-refractivity contribution in [3.8, 4) is 0 Å². The average Bonchev–Trinajstić information content (AvgIpc) is 3.28. The van der Waals surface area contributed by atoms with Crippen molar-refractivity contribution in [2.75, 3.05) is 4.90 Å². The minimum atomic E-state index is -0.752. The molecule has 3 rings (SSSR count). The van der Waals surface area contributed by atoms with Crippen molar-refractivity contribution in [2.45, 2.75) is 45.2 Å². The Morgan fingerprint density at radius 3 is 2.33 bits per heavy atom. The Morgan fingerprint density at radius 1 is 1.19 bits per heavy atom. The van der Waals surface area contributed by atoms with E-state index in [1.54, 1.807) is 4.90 Å². The zero-order valence-corrected chi connectivity index (χ0v) is 12.8. The van der Waals surface area contributed by atoms with Crippen molar-refractivity contribution in [1.82, 2.24) is 5.32 Å². The van der Waals surface area contributed by atoms with Crippen molar-refractivity contribution < 1.29 is 9.59 Å². The van der Waals surface area contributed by atoms with Crippen LogP contribution < -0.4 is 10.2 Å². The van der Waals surface area contributed by atoms with Gasteiger partial charge in [0.2, 0.25) is 5.91 Å². The lowest BCUT2D eigenvalue weighted by Crippen LogP contribution is -2.71. The molecule has 2 unspecified atom stereocenters. The minimum Gasteiger partial charge on any atom is -0.340 e. The average molecular weight is 286 g/mol. The number of para-hydroxylation sites is 1. The number of rotatable bonds is 3. The highest BCUT2D eigenvalue weighted by molar-refractivity contribution is 6.11. The normalized spacial score (nSPS) is 29.7. The third-order valence-corrected chi connectivity index (χ3v) is 4.65. The van der Waals surface area contributed by atoms with Gasteiger partial charge in [-0.25, -0.2) is 0 Å². The lowest BCUT2D eigenvalue weighted by atomic mass is 9.86. The Morgan fingerprint density at radius 2 is 1.81 bits per heavy atom. The van der Waals surface area contributed by atoms with Crippen molar-refractivity contribution in [1.29, 1.82) is 0 Å². The van der Waals surface area contributed by atoms with Crippen LogP contribution in [0, 0.1) is 11.8 Å².